The Kier molecular flexibility index (Phi) is 7.38. The van der Waals surface area contributed by atoms with Crippen molar-refractivity contribution in [2.45, 2.75) is 39.7 Å². The molecule has 1 heterocycles. The molecule has 1 aliphatic heterocycles. The van der Waals surface area contributed by atoms with Gasteiger partial charge in [-0.25, -0.2) is 0 Å². The highest BCUT2D eigenvalue weighted by Gasteiger charge is 2.22. The molecule has 6 heteroatoms. The third-order valence-corrected chi connectivity index (χ3v) is 4.93. The standard InChI is InChI=1S/C19H29ClN2O3/c1-5-25-18-16(20)9-15(10-17(18)24-4)19(23)21-11-14(3)22-8-6-7-13(2)12-22/h9-10,13-14H,5-8,11-12H2,1-4H3,(H,21,23). The van der Waals surface area contributed by atoms with Gasteiger partial charge in [0, 0.05) is 24.7 Å². The van der Waals surface area contributed by atoms with E-state index in [9.17, 15) is 4.79 Å². The number of ether oxygens (including phenoxy) is 2. The van der Waals surface area contributed by atoms with E-state index >= 15 is 0 Å². The lowest BCUT2D eigenvalue weighted by Crippen LogP contribution is -2.46. The fourth-order valence-electron chi connectivity index (χ4n) is 3.23. The van der Waals surface area contributed by atoms with Crippen molar-refractivity contribution in [3.05, 3.63) is 22.7 Å². The summed E-state index contributed by atoms with van der Waals surface area (Å²) in [5, 5.41) is 3.38. The molecule has 140 valence electrons. The minimum Gasteiger partial charge on any atom is -0.493 e. The van der Waals surface area contributed by atoms with Crippen molar-refractivity contribution in [2.75, 3.05) is 33.4 Å². The maximum Gasteiger partial charge on any atom is 0.251 e. The second kappa shape index (κ2) is 9.30. The van der Waals surface area contributed by atoms with Crippen LogP contribution >= 0.6 is 11.6 Å². The summed E-state index contributed by atoms with van der Waals surface area (Å²) in [5.41, 5.74) is 0.476. The third-order valence-electron chi connectivity index (χ3n) is 4.65. The third kappa shape index (κ3) is 5.25. The number of benzene rings is 1. The number of halogens is 1. The summed E-state index contributed by atoms with van der Waals surface area (Å²) >= 11 is 6.24. The zero-order chi connectivity index (χ0) is 18.4. The molecule has 1 saturated heterocycles. The first-order valence-corrected chi connectivity index (χ1v) is 9.36. The number of rotatable bonds is 7. The summed E-state index contributed by atoms with van der Waals surface area (Å²) in [4.78, 5) is 14.9. The van der Waals surface area contributed by atoms with Crippen LogP contribution in [0.1, 0.15) is 44.0 Å². The number of carbonyl (C=O) groups excluding carboxylic acids is 1. The lowest BCUT2D eigenvalue weighted by atomic mass is 9.99. The molecule has 2 rings (SSSR count). The molecule has 0 aromatic heterocycles. The van der Waals surface area contributed by atoms with Crippen LogP contribution in [-0.4, -0.2) is 50.2 Å². The lowest BCUT2D eigenvalue weighted by Gasteiger charge is -2.35. The summed E-state index contributed by atoms with van der Waals surface area (Å²) in [5.74, 6) is 1.51. The number of amides is 1. The van der Waals surface area contributed by atoms with Crippen LogP contribution in [0.15, 0.2) is 12.1 Å². The molecule has 5 nitrogen and oxygen atoms in total. The van der Waals surface area contributed by atoms with Gasteiger partial charge in [0.2, 0.25) is 0 Å². The van der Waals surface area contributed by atoms with Gasteiger partial charge in [0.1, 0.15) is 0 Å². The fourth-order valence-corrected chi connectivity index (χ4v) is 3.50. The van der Waals surface area contributed by atoms with E-state index in [2.05, 4.69) is 24.1 Å². The van der Waals surface area contributed by atoms with Crippen LogP contribution < -0.4 is 14.8 Å². The maximum atomic E-state index is 12.5. The van der Waals surface area contributed by atoms with Gasteiger partial charge in [-0.3, -0.25) is 9.69 Å². The van der Waals surface area contributed by atoms with Gasteiger partial charge in [-0.2, -0.15) is 0 Å². The Morgan fingerprint density at radius 3 is 2.88 bits per heavy atom. The van der Waals surface area contributed by atoms with Crippen LogP contribution in [0, 0.1) is 5.92 Å². The van der Waals surface area contributed by atoms with Gasteiger partial charge >= 0.3 is 0 Å². The van der Waals surface area contributed by atoms with Crippen LogP contribution in [0.2, 0.25) is 5.02 Å². The fraction of sp³-hybridized carbons (Fsp3) is 0.632. The molecular formula is C19H29ClN2O3. The van der Waals surface area contributed by atoms with Gasteiger partial charge < -0.3 is 14.8 Å². The zero-order valence-electron chi connectivity index (χ0n) is 15.6. The summed E-state index contributed by atoms with van der Waals surface area (Å²) in [6.07, 6.45) is 2.52. The van der Waals surface area contributed by atoms with E-state index in [1.165, 1.54) is 20.0 Å². The molecule has 0 aliphatic carbocycles. The number of hydrogen-bond acceptors (Lipinski definition) is 4. The van der Waals surface area contributed by atoms with Crippen LogP contribution in [0.5, 0.6) is 11.5 Å². The molecule has 0 bridgehead atoms. The number of carbonyl (C=O) groups is 1. The van der Waals surface area contributed by atoms with Crippen molar-refractivity contribution >= 4 is 17.5 Å². The summed E-state index contributed by atoms with van der Waals surface area (Å²) in [6.45, 7) is 9.60. The Hall–Kier alpha value is -1.46. The minimum absolute atomic E-state index is 0.153. The van der Waals surface area contributed by atoms with Crippen LogP contribution in [-0.2, 0) is 0 Å². The molecule has 1 aromatic carbocycles. The van der Waals surface area contributed by atoms with Gasteiger partial charge in [0.25, 0.3) is 5.91 Å². The molecule has 2 atom stereocenters. The van der Waals surface area contributed by atoms with Crippen molar-refractivity contribution in [1.29, 1.82) is 0 Å². The number of nitrogens with one attached hydrogen (secondary N) is 1. The minimum atomic E-state index is -0.153. The van der Waals surface area contributed by atoms with Crippen molar-refractivity contribution < 1.29 is 14.3 Å². The highest BCUT2D eigenvalue weighted by Crippen LogP contribution is 2.36. The van der Waals surface area contributed by atoms with Crippen molar-refractivity contribution in [2.24, 2.45) is 5.92 Å². The molecule has 0 radical (unpaired) electrons. The monoisotopic (exact) mass is 368 g/mol. The predicted molar refractivity (Wildman–Crippen MR) is 101 cm³/mol. The molecular weight excluding hydrogens is 340 g/mol. The first kappa shape index (κ1) is 19.9. The SMILES string of the molecule is CCOc1c(Cl)cc(C(=O)NCC(C)N2CCCC(C)C2)cc1OC. The topological polar surface area (TPSA) is 50.8 Å². The second-order valence-corrected chi connectivity index (χ2v) is 7.13. The Labute approximate surface area is 155 Å². The van der Waals surface area contributed by atoms with Crippen molar-refractivity contribution in [3.8, 4) is 11.5 Å². The average molecular weight is 369 g/mol. The van der Waals surface area contributed by atoms with Gasteiger partial charge in [0.15, 0.2) is 11.5 Å². The van der Waals surface area contributed by atoms with E-state index in [1.807, 2.05) is 6.92 Å². The van der Waals surface area contributed by atoms with E-state index in [0.29, 0.717) is 41.3 Å². The first-order valence-electron chi connectivity index (χ1n) is 8.98. The van der Waals surface area contributed by atoms with E-state index in [4.69, 9.17) is 21.1 Å². The Morgan fingerprint density at radius 1 is 1.48 bits per heavy atom. The van der Waals surface area contributed by atoms with E-state index in [-0.39, 0.29) is 5.91 Å². The summed E-state index contributed by atoms with van der Waals surface area (Å²) in [6, 6.07) is 3.60. The molecule has 0 saturated carbocycles. The number of piperidine rings is 1. The van der Waals surface area contributed by atoms with Gasteiger partial charge in [-0.05, 0) is 51.3 Å². The van der Waals surface area contributed by atoms with Gasteiger partial charge in [-0.15, -0.1) is 0 Å². The highest BCUT2D eigenvalue weighted by atomic mass is 35.5. The normalized spacial score (nSPS) is 19.3. The number of likely N-dealkylation sites (tertiary alicyclic amines) is 1. The number of nitrogens with zero attached hydrogens (tertiary/aromatic N) is 1. The smallest absolute Gasteiger partial charge is 0.251 e. The molecule has 1 N–H and O–H groups in total. The largest absolute Gasteiger partial charge is 0.493 e. The average Bonchev–Trinajstić information content (AvgIpc) is 2.60. The lowest BCUT2D eigenvalue weighted by molar-refractivity contribution is 0.0917. The van der Waals surface area contributed by atoms with Gasteiger partial charge in [-0.1, -0.05) is 18.5 Å². The van der Waals surface area contributed by atoms with Crippen molar-refractivity contribution in [1.82, 2.24) is 10.2 Å². The zero-order valence-corrected chi connectivity index (χ0v) is 16.4. The highest BCUT2D eigenvalue weighted by molar-refractivity contribution is 6.32. The van der Waals surface area contributed by atoms with Crippen LogP contribution in [0.4, 0.5) is 0 Å². The first-order chi connectivity index (χ1) is 12.0. The van der Waals surface area contributed by atoms with E-state index < -0.39 is 0 Å². The summed E-state index contributed by atoms with van der Waals surface area (Å²) < 4.78 is 10.8. The van der Waals surface area contributed by atoms with Gasteiger partial charge in [0.05, 0.1) is 18.7 Å². The molecule has 2 unspecified atom stereocenters. The quantitative estimate of drug-likeness (QED) is 0.799. The summed E-state index contributed by atoms with van der Waals surface area (Å²) in [7, 11) is 1.54. The van der Waals surface area contributed by atoms with Crippen molar-refractivity contribution in [3.63, 3.8) is 0 Å². The maximum absolute atomic E-state index is 12.5. The second-order valence-electron chi connectivity index (χ2n) is 6.72. The molecule has 25 heavy (non-hydrogen) atoms. The molecule has 1 aliphatic rings. The van der Waals surface area contributed by atoms with Crippen LogP contribution in [0.3, 0.4) is 0 Å². The van der Waals surface area contributed by atoms with E-state index in [1.54, 1.807) is 12.1 Å². The predicted octanol–water partition coefficient (Wildman–Crippen LogP) is 3.60. The Balaban J connectivity index is 1.99. The number of hydrogen-bond donors (Lipinski definition) is 1. The molecule has 1 aromatic rings. The Bertz CT molecular complexity index is 594. The number of methoxy groups -OCH3 is 1. The molecule has 0 spiro atoms. The van der Waals surface area contributed by atoms with Crippen LogP contribution in [0.25, 0.3) is 0 Å². The molecule has 1 amide bonds. The van der Waals surface area contributed by atoms with E-state index in [0.717, 1.165) is 19.0 Å². The molecule has 1 fully saturated rings. The Morgan fingerprint density at radius 2 is 2.24 bits per heavy atom.